The molecule has 3 unspecified atom stereocenters. The van der Waals surface area contributed by atoms with Crippen LogP contribution in [0.4, 0.5) is 0 Å². The molecule has 0 aliphatic heterocycles. The van der Waals surface area contributed by atoms with Crippen LogP contribution in [0, 0.1) is 11.8 Å². The van der Waals surface area contributed by atoms with Gasteiger partial charge < -0.3 is 11.1 Å². The molecule has 0 heterocycles. The van der Waals surface area contributed by atoms with Crippen molar-refractivity contribution in [2.24, 2.45) is 17.6 Å². The Balaban J connectivity index is 2.01. The minimum atomic E-state index is 0.809. The van der Waals surface area contributed by atoms with Crippen molar-refractivity contribution in [2.45, 2.75) is 71.3 Å². The molecule has 3 N–H and O–H groups in total. The Morgan fingerprint density at radius 3 is 2.65 bits per heavy atom. The van der Waals surface area contributed by atoms with Crippen LogP contribution >= 0.6 is 0 Å². The third kappa shape index (κ3) is 6.42. The molecular weight excluding hydrogens is 208 g/mol. The van der Waals surface area contributed by atoms with Gasteiger partial charge in [-0.2, -0.15) is 0 Å². The molecule has 2 heteroatoms. The van der Waals surface area contributed by atoms with Crippen LogP contribution < -0.4 is 11.1 Å². The molecule has 17 heavy (non-hydrogen) atoms. The van der Waals surface area contributed by atoms with Crippen LogP contribution in [-0.4, -0.2) is 19.1 Å². The zero-order chi connectivity index (χ0) is 12.5. The van der Waals surface area contributed by atoms with Crippen molar-refractivity contribution in [1.82, 2.24) is 5.32 Å². The van der Waals surface area contributed by atoms with Gasteiger partial charge in [-0.05, 0) is 63.5 Å². The van der Waals surface area contributed by atoms with Crippen molar-refractivity contribution in [2.75, 3.05) is 13.1 Å². The number of nitrogens with two attached hydrogens (primary N) is 1. The molecule has 3 atom stereocenters. The fraction of sp³-hybridized carbons (Fsp3) is 1.00. The molecule has 0 aromatic rings. The molecule has 1 aliphatic rings. The number of hydrogen-bond donors (Lipinski definition) is 2. The van der Waals surface area contributed by atoms with Crippen molar-refractivity contribution in [3.8, 4) is 0 Å². The second-order valence-corrected chi connectivity index (χ2v) is 5.94. The summed E-state index contributed by atoms with van der Waals surface area (Å²) in [5, 5.41) is 3.72. The van der Waals surface area contributed by atoms with Crippen molar-refractivity contribution >= 4 is 0 Å². The van der Waals surface area contributed by atoms with E-state index in [9.17, 15) is 0 Å². The Kier molecular flexibility index (Phi) is 7.87. The molecule has 1 saturated carbocycles. The zero-order valence-electron chi connectivity index (χ0n) is 11.9. The van der Waals surface area contributed by atoms with E-state index in [2.05, 4.69) is 19.2 Å². The number of hydrogen-bond acceptors (Lipinski definition) is 2. The highest BCUT2D eigenvalue weighted by molar-refractivity contribution is 4.78. The second kappa shape index (κ2) is 8.93. The standard InChI is InChI=1S/C15H32N2/c1-3-5-14(9-10-16)6-4-11-17-15-8-7-13(2)12-15/h13-15,17H,3-12,16H2,1-2H3. The van der Waals surface area contributed by atoms with E-state index in [1.54, 1.807) is 0 Å². The van der Waals surface area contributed by atoms with Gasteiger partial charge in [0, 0.05) is 6.04 Å². The first-order valence-electron chi connectivity index (χ1n) is 7.69. The van der Waals surface area contributed by atoms with Gasteiger partial charge >= 0.3 is 0 Å². The summed E-state index contributed by atoms with van der Waals surface area (Å²) in [7, 11) is 0. The lowest BCUT2D eigenvalue weighted by Gasteiger charge is -2.16. The van der Waals surface area contributed by atoms with Gasteiger partial charge in [0.2, 0.25) is 0 Å². The van der Waals surface area contributed by atoms with Gasteiger partial charge in [0.15, 0.2) is 0 Å². The predicted molar refractivity (Wildman–Crippen MR) is 76.1 cm³/mol. The second-order valence-electron chi connectivity index (χ2n) is 5.94. The van der Waals surface area contributed by atoms with Crippen molar-refractivity contribution in [3.05, 3.63) is 0 Å². The molecule has 0 amide bonds. The van der Waals surface area contributed by atoms with Gasteiger partial charge in [0.25, 0.3) is 0 Å². The highest BCUT2D eigenvalue weighted by Gasteiger charge is 2.20. The van der Waals surface area contributed by atoms with E-state index in [1.165, 1.54) is 57.9 Å². The van der Waals surface area contributed by atoms with E-state index in [-0.39, 0.29) is 0 Å². The SMILES string of the molecule is CCCC(CCN)CCCNC1CCC(C)C1. The summed E-state index contributed by atoms with van der Waals surface area (Å²) in [6, 6.07) is 0.809. The van der Waals surface area contributed by atoms with Crippen LogP contribution in [0.25, 0.3) is 0 Å². The van der Waals surface area contributed by atoms with E-state index in [4.69, 9.17) is 5.73 Å². The third-order valence-electron chi connectivity index (χ3n) is 4.19. The molecule has 1 fully saturated rings. The highest BCUT2D eigenvalue weighted by atomic mass is 14.9. The van der Waals surface area contributed by atoms with Crippen LogP contribution in [0.2, 0.25) is 0 Å². The third-order valence-corrected chi connectivity index (χ3v) is 4.19. The molecule has 1 rings (SSSR count). The molecule has 0 saturated heterocycles. The maximum Gasteiger partial charge on any atom is 0.00696 e. The first-order valence-corrected chi connectivity index (χ1v) is 7.69. The lowest BCUT2D eigenvalue weighted by Crippen LogP contribution is -2.27. The average Bonchev–Trinajstić information content (AvgIpc) is 2.71. The van der Waals surface area contributed by atoms with Crippen LogP contribution in [0.5, 0.6) is 0 Å². The van der Waals surface area contributed by atoms with Gasteiger partial charge in [0.05, 0.1) is 0 Å². The summed E-state index contributed by atoms with van der Waals surface area (Å²) >= 11 is 0. The van der Waals surface area contributed by atoms with Crippen molar-refractivity contribution in [1.29, 1.82) is 0 Å². The van der Waals surface area contributed by atoms with Crippen molar-refractivity contribution in [3.63, 3.8) is 0 Å². The largest absolute Gasteiger partial charge is 0.330 e. The Bertz CT molecular complexity index is 176. The minimum Gasteiger partial charge on any atom is -0.330 e. The fourth-order valence-corrected chi connectivity index (χ4v) is 3.17. The summed E-state index contributed by atoms with van der Waals surface area (Å²) in [4.78, 5) is 0. The lowest BCUT2D eigenvalue weighted by atomic mass is 9.94. The maximum atomic E-state index is 5.66. The van der Waals surface area contributed by atoms with Crippen LogP contribution in [0.1, 0.15) is 65.2 Å². The van der Waals surface area contributed by atoms with E-state index in [0.717, 1.165) is 24.4 Å². The summed E-state index contributed by atoms with van der Waals surface area (Å²) in [5.74, 6) is 1.81. The highest BCUT2D eigenvalue weighted by Crippen LogP contribution is 2.24. The zero-order valence-corrected chi connectivity index (χ0v) is 11.9. The van der Waals surface area contributed by atoms with Gasteiger partial charge in [-0.3, -0.25) is 0 Å². The topological polar surface area (TPSA) is 38.0 Å². The summed E-state index contributed by atoms with van der Waals surface area (Å²) in [6.45, 7) is 6.72. The minimum absolute atomic E-state index is 0.809. The smallest absolute Gasteiger partial charge is 0.00696 e. The summed E-state index contributed by atoms with van der Waals surface area (Å²) in [5.41, 5.74) is 5.66. The first-order chi connectivity index (χ1) is 8.26. The Hall–Kier alpha value is -0.0800. The summed E-state index contributed by atoms with van der Waals surface area (Å²) in [6.07, 6.45) is 10.8. The molecule has 1 aliphatic carbocycles. The molecular formula is C15H32N2. The van der Waals surface area contributed by atoms with E-state index < -0.39 is 0 Å². The van der Waals surface area contributed by atoms with Crippen LogP contribution in [0.3, 0.4) is 0 Å². The summed E-state index contributed by atoms with van der Waals surface area (Å²) < 4.78 is 0. The molecule has 0 aromatic heterocycles. The van der Waals surface area contributed by atoms with E-state index >= 15 is 0 Å². The number of nitrogens with one attached hydrogen (secondary N) is 1. The average molecular weight is 240 g/mol. The number of rotatable bonds is 9. The lowest BCUT2D eigenvalue weighted by molar-refractivity contribution is 0.393. The normalized spacial score (nSPS) is 26.3. The monoisotopic (exact) mass is 240 g/mol. The van der Waals surface area contributed by atoms with Gasteiger partial charge in [-0.1, -0.05) is 26.7 Å². The molecule has 0 radical (unpaired) electrons. The van der Waals surface area contributed by atoms with E-state index in [1.807, 2.05) is 0 Å². The van der Waals surface area contributed by atoms with Gasteiger partial charge in [-0.25, -0.2) is 0 Å². The van der Waals surface area contributed by atoms with Gasteiger partial charge in [0.1, 0.15) is 0 Å². The predicted octanol–water partition coefficient (Wildman–Crippen LogP) is 3.31. The Morgan fingerprint density at radius 2 is 2.06 bits per heavy atom. The molecule has 102 valence electrons. The van der Waals surface area contributed by atoms with E-state index in [0.29, 0.717) is 0 Å². The van der Waals surface area contributed by atoms with Gasteiger partial charge in [-0.15, -0.1) is 0 Å². The Morgan fingerprint density at radius 1 is 1.24 bits per heavy atom. The Labute approximate surface area is 108 Å². The van der Waals surface area contributed by atoms with Crippen LogP contribution in [0.15, 0.2) is 0 Å². The molecule has 0 bridgehead atoms. The molecule has 2 nitrogen and oxygen atoms in total. The van der Waals surface area contributed by atoms with Crippen molar-refractivity contribution < 1.29 is 0 Å². The fourth-order valence-electron chi connectivity index (χ4n) is 3.17. The molecule has 0 spiro atoms. The quantitative estimate of drug-likeness (QED) is 0.607. The molecule has 0 aromatic carbocycles. The maximum absolute atomic E-state index is 5.66. The first kappa shape index (κ1) is 15.0. The van der Waals surface area contributed by atoms with Crippen LogP contribution in [-0.2, 0) is 0 Å².